The standard InChI is InChI=1S/C24H41N3O9SSi/c1-10-34-21(28)20(26-37(32,33)19-14-12-11-13-17(19)27(30)31)18(36-38(8,9)24(5,6)7)15-16-25-22(29)35-23(2,3)4/h11-14,18,20,26H,10,15-16H2,1-9H3,(H,25,29)/t18-,20-/m0/s1. The molecule has 0 aliphatic rings. The summed E-state index contributed by atoms with van der Waals surface area (Å²) in [6.07, 6.45) is -1.73. The van der Waals surface area contributed by atoms with Gasteiger partial charge in [-0.25, -0.2) is 13.2 Å². The zero-order chi connectivity index (χ0) is 29.5. The number of carbonyl (C=O) groups is 2. The molecule has 1 aromatic rings. The van der Waals surface area contributed by atoms with Crippen molar-refractivity contribution >= 4 is 36.1 Å². The molecule has 12 nitrogen and oxygen atoms in total. The fourth-order valence-electron chi connectivity index (χ4n) is 3.05. The Morgan fingerprint density at radius 3 is 2.18 bits per heavy atom. The SMILES string of the molecule is CCOC(=O)[C@@H](NS(=O)(=O)c1ccccc1[N+](=O)[O-])[C@H](CCNC(=O)OC(C)(C)C)O[Si](C)(C)C(C)(C)C. The van der Waals surface area contributed by atoms with Gasteiger partial charge in [0.15, 0.2) is 13.2 Å². The molecule has 0 saturated heterocycles. The minimum Gasteiger partial charge on any atom is -0.465 e. The third-order valence-electron chi connectivity index (χ3n) is 5.90. The van der Waals surface area contributed by atoms with Crippen LogP contribution in [0, 0.1) is 10.1 Å². The van der Waals surface area contributed by atoms with Crippen LogP contribution in [0.15, 0.2) is 29.2 Å². The molecule has 0 aliphatic carbocycles. The Kier molecular flexibility index (Phi) is 11.5. The summed E-state index contributed by atoms with van der Waals surface area (Å²) in [6, 6.07) is 3.27. The van der Waals surface area contributed by atoms with Gasteiger partial charge < -0.3 is 19.2 Å². The number of nitrogens with one attached hydrogen (secondary N) is 2. The van der Waals surface area contributed by atoms with Crippen molar-refractivity contribution in [2.75, 3.05) is 13.2 Å². The van der Waals surface area contributed by atoms with Gasteiger partial charge in [0.2, 0.25) is 10.0 Å². The summed E-state index contributed by atoms with van der Waals surface area (Å²) < 4.78 is 45.8. The Balaban J connectivity index is 3.45. The van der Waals surface area contributed by atoms with E-state index in [-0.39, 0.29) is 24.6 Å². The summed E-state index contributed by atoms with van der Waals surface area (Å²) in [5.41, 5.74) is -1.37. The number of rotatable bonds is 12. The normalized spacial score (nSPS) is 14.3. The monoisotopic (exact) mass is 575 g/mol. The first-order valence-electron chi connectivity index (χ1n) is 12.3. The van der Waals surface area contributed by atoms with Crippen LogP contribution in [-0.2, 0) is 28.7 Å². The summed E-state index contributed by atoms with van der Waals surface area (Å²) in [6.45, 7) is 16.5. The van der Waals surface area contributed by atoms with Crippen LogP contribution in [-0.4, -0.2) is 64.6 Å². The average molecular weight is 576 g/mol. The predicted octanol–water partition coefficient (Wildman–Crippen LogP) is 4.11. The minimum absolute atomic E-state index is 0.00266. The maximum Gasteiger partial charge on any atom is 0.407 e. The summed E-state index contributed by atoms with van der Waals surface area (Å²) in [4.78, 5) is 35.3. The number of benzene rings is 1. The van der Waals surface area contributed by atoms with Gasteiger partial charge in [-0.15, -0.1) is 0 Å². The van der Waals surface area contributed by atoms with Crippen molar-refractivity contribution in [3.8, 4) is 0 Å². The first kappa shape index (κ1) is 33.5. The number of alkyl carbamates (subject to hydrolysis) is 1. The summed E-state index contributed by atoms with van der Waals surface area (Å²) in [7, 11) is -7.16. The highest BCUT2D eigenvalue weighted by Gasteiger charge is 2.44. The van der Waals surface area contributed by atoms with Crippen molar-refractivity contribution in [2.24, 2.45) is 0 Å². The molecule has 2 N–H and O–H groups in total. The smallest absolute Gasteiger partial charge is 0.407 e. The number of para-hydroxylation sites is 1. The van der Waals surface area contributed by atoms with Gasteiger partial charge in [0.05, 0.1) is 17.6 Å². The number of sulfonamides is 1. The van der Waals surface area contributed by atoms with E-state index < -0.39 is 63.7 Å². The van der Waals surface area contributed by atoms with Gasteiger partial charge in [-0.2, -0.15) is 4.72 Å². The lowest BCUT2D eigenvalue weighted by molar-refractivity contribution is -0.387. The van der Waals surface area contributed by atoms with E-state index in [0.717, 1.165) is 12.1 Å². The first-order valence-corrected chi connectivity index (χ1v) is 16.7. The minimum atomic E-state index is -4.57. The van der Waals surface area contributed by atoms with E-state index in [9.17, 15) is 28.1 Å². The fourth-order valence-corrected chi connectivity index (χ4v) is 5.80. The number of nitrogens with zero attached hydrogens (tertiary/aromatic N) is 1. The summed E-state index contributed by atoms with van der Waals surface area (Å²) >= 11 is 0. The number of hydrogen-bond donors (Lipinski definition) is 2. The summed E-state index contributed by atoms with van der Waals surface area (Å²) in [5, 5.41) is 13.8. The molecule has 0 fully saturated rings. The maximum absolute atomic E-state index is 13.3. The molecule has 0 unspecified atom stereocenters. The van der Waals surface area contributed by atoms with Gasteiger partial charge in [-0.05, 0) is 58.3 Å². The molecule has 0 spiro atoms. The van der Waals surface area contributed by atoms with Gasteiger partial charge in [0.1, 0.15) is 11.6 Å². The highest BCUT2D eigenvalue weighted by atomic mass is 32.2. The lowest BCUT2D eigenvalue weighted by Gasteiger charge is -2.41. The van der Waals surface area contributed by atoms with E-state index in [4.69, 9.17) is 13.9 Å². The largest absolute Gasteiger partial charge is 0.465 e. The van der Waals surface area contributed by atoms with Gasteiger partial charge in [0.25, 0.3) is 5.69 Å². The molecular formula is C24H41N3O9SSi. The number of esters is 1. The average Bonchev–Trinajstić information content (AvgIpc) is 2.75. The highest BCUT2D eigenvalue weighted by molar-refractivity contribution is 7.89. The van der Waals surface area contributed by atoms with Gasteiger partial charge in [-0.1, -0.05) is 32.9 Å². The molecule has 1 rings (SSSR count). The molecule has 0 bridgehead atoms. The lowest BCUT2D eigenvalue weighted by Crippen LogP contribution is -2.56. The van der Waals surface area contributed by atoms with Crippen molar-refractivity contribution < 1.29 is 36.8 Å². The molecule has 2 atom stereocenters. The van der Waals surface area contributed by atoms with E-state index in [2.05, 4.69) is 10.0 Å². The van der Waals surface area contributed by atoms with E-state index in [1.165, 1.54) is 12.1 Å². The van der Waals surface area contributed by atoms with Crippen LogP contribution in [0.3, 0.4) is 0 Å². The number of nitro benzene ring substituents is 1. The third-order valence-corrected chi connectivity index (χ3v) is 11.9. The van der Waals surface area contributed by atoms with Crippen molar-refractivity contribution in [3.63, 3.8) is 0 Å². The van der Waals surface area contributed by atoms with Crippen molar-refractivity contribution in [1.29, 1.82) is 0 Å². The molecular weight excluding hydrogens is 534 g/mol. The van der Waals surface area contributed by atoms with Crippen LogP contribution in [0.4, 0.5) is 10.5 Å². The number of hydrogen-bond acceptors (Lipinski definition) is 9. The second-order valence-corrected chi connectivity index (χ2v) is 17.6. The fraction of sp³-hybridized carbons (Fsp3) is 0.667. The predicted molar refractivity (Wildman–Crippen MR) is 145 cm³/mol. The first-order chi connectivity index (χ1) is 17.2. The van der Waals surface area contributed by atoms with Gasteiger partial charge in [-0.3, -0.25) is 14.9 Å². The van der Waals surface area contributed by atoms with Crippen LogP contribution in [0.5, 0.6) is 0 Å². The Labute approximate surface area is 226 Å². The van der Waals surface area contributed by atoms with E-state index >= 15 is 0 Å². The van der Waals surface area contributed by atoms with Crippen molar-refractivity contribution in [2.45, 2.75) is 95.7 Å². The number of ether oxygens (including phenoxy) is 2. The van der Waals surface area contributed by atoms with Crippen LogP contribution in [0.2, 0.25) is 18.1 Å². The Bertz CT molecular complexity index is 1100. The molecule has 1 amide bonds. The second-order valence-electron chi connectivity index (χ2n) is 11.2. The van der Waals surface area contributed by atoms with Gasteiger partial charge in [0, 0.05) is 12.6 Å². The van der Waals surface area contributed by atoms with Gasteiger partial charge >= 0.3 is 12.1 Å². The molecule has 0 saturated carbocycles. The third kappa shape index (κ3) is 9.96. The number of nitro groups is 1. The Hall–Kier alpha value is -2.55. The Morgan fingerprint density at radius 2 is 1.68 bits per heavy atom. The maximum atomic E-state index is 13.3. The van der Waals surface area contributed by atoms with Crippen molar-refractivity contribution in [3.05, 3.63) is 34.4 Å². The van der Waals surface area contributed by atoms with Crippen LogP contribution in [0.25, 0.3) is 0 Å². The zero-order valence-electron chi connectivity index (χ0n) is 23.6. The molecule has 38 heavy (non-hydrogen) atoms. The second kappa shape index (κ2) is 13.0. The molecule has 1 aromatic carbocycles. The topological polar surface area (TPSA) is 163 Å². The van der Waals surface area contributed by atoms with E-state index in [0.29, 0.717) is 0 Å². The number of carbonyl (C=O) groups excluding carboxylic acids is 2. The van der Waals surface area contributed by atoms with E-state index in [1.807, 2.05) is 33.9 Å². The number of amides is 1. The zero-order valence-corrected chi connectivity index (χ0v) is 25.4. The molecule has 0 aromatic heterocycles. The van der Waals surface area contributed by atoms with Crippen LogP contribution in [0.1, 0.15) is 54.9 Å². The summed E-state index contributed by atoms with van der Waals surface area (Å²) in [5.74, 6) is -0.907. The van der Waals surface area contributed by atoms with Crippen molar-refractivity contribution in [1.82, 2.24) is 10.0 Å². The highest BCUT2D eigenvalue weighted by Crippen LogP contribution is 2.38. The lowest BCUT2D eigenvalue weighted by atomic mass is 10.1. The molecule has 0 radical (unpaired) electrons. The molecule has 0 aliphatic heterocycles. The molecule has 0 heterocycles. The van der Waals surface area contributed by atoms with Crippen LogP contribution < -0.4 is 10.0 Å². The Morgan fingerprint density at radius 1 is 1.11 bits per heavy atom. The van der Waals surface area contributed by atoms with Crippen LogP contribution >= 0.6 is 0 Å². The van der Waals surface area contributed by atoms with E-state index in [1.54, 1.807) is 27.7 Å². The molecule has 216 valence electrons. The quantitative estimate of drug-likeness (QED) is 0.162. The molecule has 14 heteroatoms.